The van der Waals surface area contributed by atoms with Crippen molar-refractivity contribution in [1.82, 2.24) is 25.3 Å². The first-order valence-corrected chi connectivity index (χ1v) is 9.70. The highest BCUT2D eigenvalue weighted by atomic mass is 35.5. The van der Waals surface area contributed by atoms with E-state index in [2.05, 4.69) is 46.1 Å². The summed E-state index contributed by atoms with van der Waals surface area (Å²) in [6.07, 6.45) is 2.35. The summed E-state index contributed by atoms with van der Waals surface area (Å²) in [6, 6.07) is 0. The summed E-state index contributed by atoms with van der Waals surface area (Å²) in [4.78, 5) is 14.6. The Morgan fingerprint density at radius 3 is 2.62 bits per heavy atom. The Kier molecular flexibility index (Phi) is 10.2. The molecule has 1 aromatic heterocycles. The van der Waals surface area contributed by atoms with Gasteiger partial charge in [-0.3, -0.25) is 9.48 Å². The van der Waals surface area contributed by atoms with Crippen LogP contribution in [0.15, 0.2) is 0 Å². The highest BCUT2D eigenvalue weighted by Crippen LogP contribution is 2.16. The van der Waals surface area contributed by atoms with Crippen molar-refractivity contribution in [2.24, 2.45) is 5.92 Å². The van der Waals surface area contributed by atoms with Crippen LogP contribution in [0.25, 0.3) is 0 Å². The molecule has 2 N–H and O–H groups in total. The first kappa shape index (κ1) is 22.9. The molecule has 0 saturated carbocycles. The lowest BCUT2D eigenvalue weighted by Crippen LogP contribution is -2.44. The van der Waals surface area contributed by atoms with E-state index >= 15 is 0 Å². The van der Waals surface area contributed by atoms with E-state index in [1.54, 1.807) is 0 Å². The number of nitrogens with zero attached hydrogens (tertiary/aromatic N) is 3. The molecule has 1 saturated heterocycles. The molecule has 2 rings (SSSR count). The van der Waals surface area contributed by atoms with E-state index in [9.17, 15) is 4.79 Å². The van der Waals surface area contributed by atoms with Crippen LogP contribution in [0.4, 0.5) is 0 Å². The fraction of sp³-hybridized carbons (Fsp3) is 0.789. The van der Waals surface area contributed by atoms with E-state index in [0.717, 1.165) is 64.3 Å². The molecule has 0 aromatic carbocycles. The smallest absolute Gasteiger partial charge is 0.220 e. The zero-order valence-electron chi connectivity index (χ0n) is 16.8. The summed E-state index contributed by atoms with van der Waals surface area (Å²) in [6.45, 7) is 15.7. The number of piperazine rings is 1. The van der Waals surface area contributed by atoms with Crippen LogP contribution < -0.4 is 10.6 Å². The second-order valence-electron chi connectivity index (χ2n) is 7.52. The number of carbonyl (C=O) groups excluding carboxylic acids is 1. The molecule has 6 nitrogen and oxygen atoms in total. The Balaban J connectivity index is 0.00000338. The minimum atomic E-state index is 0. The van der Waals surface area contributed by atoms with Gasteiger partial charge >= 0.3 is 0 Å². The SMILES string of the molecule is Cc1nn(CC(C)C)c(C)c1CCC(=O)NCCCN1CCNCC1.Cl. The summed E-state index contributed by atoms with van der Waals surface area (Å²) in [5, 5.41) is 11.1. The molecule has 7 heteroatoms. The van der Waals surface area contributed by atoms with Crippen LogP contribution in [0.1, 0.15) is 43.6 Å². The van der Waals surface area contributed by atoms with Crippen LogP contribution in [-0.2, 0) is 17.8 Å². The summed E-state index contributed by atoms with van der Waals surface area (Å²) in [5.41, 5.74) is 3.50. The fourth-order valence-electron chi connectivity index (χ4n) is 3.41. The third-order valence-corrected chi connectivity index (χ3v) is 4.85. The minimum Gasteiger partial charge on any atom is -0.356 e. The van der Waals surface area contributed by atoms with E-state index in [1.165, 1.54) is 11.3 Å². The van der Waals surface area contributed by atoms with E-state index < -0.39 is 0 Å². The van der Waals surface area contributed by atoms with Crippen molar-refractivity contribution in [1.29, 1.82) is 0 Å². The predicted octanol–water partition coefficient (Wildman–Crippen LogP) is 1.92. The summed E-state index contributed by atoms with van der Waals surface area (Å²) >= 11 is 0. The molecule has 26 heavy (non-hydrogen) atoms. The molecule has 1 amide bonds. The van der Waals surface area contributed by atoms with Crippen molar-refractivity contribution in [3.8, 4) is 0 Å². The van der Waals surface area contributed by atoms with Gasteiger partial charge < -0.3 is 15.5 Å². The van der Waals surface area contributed by atoms with E-state index in [4.69, 9.17) is 0 Å². The van der Waals surface area contributed by atoms with E-state index in [1.807, 2.05) is 6.92 Å². The van der Waals surface area contributed by atoms with Gasteiger partial charge in [0, 0.05) is 51.4 Å². The van der Waals surface area contributed by atoms with Gasteiger partial charge in [0.25, 0.3) is 0 Å². The maximum atomic E-state index is 12.1. The lowest BCUT2D eigenvalue weighted by molar-refractivity contribution is -0.121. The van der Waals surface area contributed by atoms with Crippen molar-refractivity contribution >= 4 is 18.3 Å². The van der Waals surface area contributed by atoms with Crippen molar-refractivity contribution in [3.63, 3.8) is 0 Å². The van der Waals surface area contributed by atoms with Crippen molar-refractivity contribution in [3.05, 3.63) is 17.0 Å². The number of amides is 1. The molecular formula is C19H36ClN5O. The van der Waals surface area contributed by atoms with E-state index in [0.29, 0.717) is 12.3 Å². The monoisotopic (exact) mass is 385 g/mol. The normalized spacial score (nSPS) is 15.1. The standard InChI is InChI=1S/C19H35N5O.ClH/c1-15(2)14-24-17(4)18(16(3)22-24)6-7-19(25)21-8-5-11-23-12-9-20-10-13-23;/h15,20H,5-14H2,1-4H3,(H,21,25);1H. The third-order valence-electron chi connectivity index (χ3n) is 4.85. The van der Waals surface area contributed by atoms with Crippen LogP contribution in [-0.4, -0.2) is 59.9 Å². The first-order valence-electron chi connectivity index (χ1n) is 9.70. The number of aryl methyl sites for hydroxylation is 1. The molecule has 1 aliphatic heterocycles. The molecule has 150 valence electrons. The average Bonchev–Trinajstić information content (AvgIpc) is 2.84. The lowest BCUT2D eigenvalue weighted by atomic mass is 10.1. The highest BCUT2D eigenvalue weighted by Gasteiger charge is 2.14. The van der Waals surface area contributed by atoms with Gasteiger partial charge in [-0.05, 0) is 44.7 Å². The van der Waals surface area contributed by atoms with Crippen LogP contribution in [0.2, 0.25) is 0 Å². The second-order valence-corrected chi connectivity index (χ2v) is 7.52. The van der Waals surface area contributed by atoms with Crippen LogP contribution in [0, 0.1) is 19.8 Å². The molecule has 2 heterocycles. The van der Waals surface area contributed by atoms with Crippen molar-refractivity contribution in [2.45, 2.75) is 53.5 Å². The van der Waals surface area contributed by atoms with Crippen LogP contribution >= 0.6 is 12.4 Å². The van der Waals surface area contributed by atoms with Gasteiger partial charge in [-0.15, -0.1) is 12.4 Å². The summed E-state index contributed by atoms with van der Waals surface area (Å²) in [7, 11) is 0. The molecule has 0 radical (unpaired) electrons. The molecule has 0 atom stereocenters. The molecular weight excluding hydrogens is 350 g/mol. The minimum absolute atomic E-state index is 0. The lowest BCUT2D eigenvalue weighted by Gasteiger charge is -2.27. The quantitative estimate of drug-likeness (QED) is 0.637. The number of halogens is 1. The van der Waals surface area contributed by atoms with Crippen LogP contribution in [0.5, 0.6) is 0 Å². The van der Waals surface area contributed by atoms with Gasteiger partial charge in [0.15, 0.2) is 0 Å². The third kappa shape index (κ3) is 7.25. The number of nitrogens with one attached hydrogen (secondary N) is 2. The highest BCUT2D eigenvalue weighted by molar-refractivity contribution is 5.85. The number of carbonyl (C=O) groups is 1. The largest absolute Gasteiger partial charge is 0.356 e. The zero-order valence-corrected chi connectivity index (χ0v) is 17.6. The maximum Gasteiger partial charge on any atom is 0.220 e. The second kappa shape index (κ2) is 11.6. The Morgan fingerprint density at radius 2 is 1.96 bits per heavy atom. The molecule has 1 aromatic rings. The topological polar surface area (TPSA) is 62.2 Å². The zero-order chi connectivity index (χ0) is 18.2. The predicted molar refractivity (Wildman–Crippen MR) is 109 cm³/mol. The number of aromatic nitrogens is 2. The summed E-state index contributed by atoms with van der Waals surface area (Å²) in [5.74, 6) is 0.723. The average molecular weight is 386 g/mol. The van der Waals surface area contributed by atoms with Crippen molar-refractivity contribution in [2.75, 3.05) is 39.3 Å². The van der Waals surface area contributed by atoms with Gasteiger partial charge in [0.2, 0.25) is 5.91 Å². The van der Waals surface area contributed by atoms with Gasteiger partial charge in [0.1, 0.15) is 0 Å². The fourth-order valence-corrected chi connectivity index (χ4v) is 3.41. The Morgan fingerprint density at radius 1 is 1.27 bits per heavy atom. The Hall–Kier alpha value is -1.11. The van der Waals surface area contributed by atoms with Gasteiger partial charge in [0.05, 0.1) is 5.69 Å². The maximum absolute atomic E-state index is 12.1. The molecule has 1 fully saturated rings. The first-order chi connectivity index (χ1) is 12.0. The van der Waals surface area contributed by atoms with Gasteiger partial charge in [-0.25, -0.2) is 0 Å². The van der Waals surface area contributed by atoms with Crippen molar-refractivity contribution < 1.29 is 4.79 Å². The molecule has 1 aliphatic rings. The molecule has 0 bridgehead atoms. The van der Waals surface area contributed by atoms with Crippen LogP contribution in [0.3, 0.4) is 0 Å². The molecule has 0 unspecified atom stereocenters. The number of rotatable bonds is 9. The van der Waals surface area contributed by atoms with E-state index in [-0.39, 0.29) is 18.3 Å². The van der Waals surface area contributed by atoms with Gasteiger partial charge in [-0.1, -0.05) is 13.8 Å². The Bertz CT molecular complexity index is 552. The summed E-state index contributed by atoms with van der Waals surface area (Å²) < 4.78 is 2.08. The molecule has 0 spiro atoms. The number of hydrogen-bond donors (Lipinski definition) is 2. The van der Waals surface area contributed by atoms with Gasteiger partial charge in [-0.2, -0.15) is 5.10 Å². The number of hydrogen-bond acceptors (Lipinski definition) is 4. The molecule has 0 aliphatic carbocycles. The Labute approximate surface area is 164 Å².